The molecule has 5 rings (SSSR count). The van der Waals surface area contributed by atoms with Crippen molar-refractivity contribution in [1.82, 2.24) is 19.4 Å². The van der Waals surface area contributed by atoms with E-state index in [-0.39, 0.29) is 17.1 Å². The molecule has 2 aliphatic heterocycles. The number of amides is 1. The maximum atomic E-state index is 13.3. The fraction of sp³-hybridized carbons (Fsp3) is 0.476. The molecule has 9 nitrogen and oxygen atoms in total. The summed E-state index contributed by atoms with van der Waals surface area (Å²) in [4.78, 5) is 25.6. The summed E-state index contributed by atoms with van der Waals surface area (Å²) < 4.78 is 33.2. The number of carbonyl (C=O) groups is 1. The predicted molar refractivity (Wildman–Crippen MR) is 114 cm³/mol. The smallest absolute Gasteiger partial charge is 0.299 e. The van der Waals surface area contributed by atoms with Gasteiger partial charge in [0.05, 0.1) is 5.25 Å². The molecule has 0 bridgehead atoms. The number of imidazole rings is 1. The van der Waals surface area contributed by atoms with Crippen LogP contribution in [0.1, 0.15) is 25.7 Å². The van der Waals surface area contributed by atoms with Crippen LogP contribution in [0.5, 0.6) is 0 Å². The molecule has 1 atom stereocenters. The second-order valence-corrected chi connectivity index (χ2v) is 10.3. The number of carbonyl (C=O) groups excluding carboxylic acids is 1. The van der Waals surface area contributed by atoms with Gasteiger partial charge in [-0.05, 0) is 37.8 Å². The van der Waals surface area contributed by atoms with E-state index in [9.17, 15) is 13.2 Å². The van der Waals surface area contributed by atoms with Gasteiger partial charge in [-0.2, -0.15) is 4.98 Å². The monoisotopic (exact) mass is 443 g/mol. The number of likely N-dealkylation sites (tertiary alicyclic amines) is 1. The molecule has 10 heteroatoms. The lowest BCUT2D eigenvalue weighted by Gasteiger charge is -2.34. The van der Waals surface area contributed by atoms with Gasteiger partial charge >= 0.3 is 0 Å². The highest BCUT2D eigenvalue weighted by atomic mass is 32.2. The van der Waals surface area contributed by atoms with Crippen molar-refractivity contribution in [1.29, 1.82) is 0 Å². The molecule has 0 N–H and O–H groups in total. The third-order valence-corrected chi connectivity index (χ3v) is 8.54. The zero-order valence-corrected chi connectivity index (χ0v) is 18.2. The van der Waals surface area contributed by atoms with Crippen LogP contribution in [0.3, 0.4) is 0 Å². The van der Waals surface area contributed by atoms with Crippen LogP contribution >= 0.6 is 0 Å². The summed E-state index contributed by atoms with van der Waals surface area (Å²) in [5, 5.41) is -0.426. The van der Waals surface area contributed by atoms with Crippen molar-refractivity contribution in [2.75, 3.05) is 24.5 Å². The average Bonchev–Trinajstić information content (AvgIpc) is 3.51. The molecule has 3 aromatic rings. The zero-order chi connectivity index (χ0) is 21.6. The lowest BCUT2D eigenvalue weighted by atomic mass is 10.1. The Bertz CT molecular complexity index is 1180. The highest BCUT2D eigenvalue weighted by Crippen LogP contribution is 2.30. The average molecular weight is 444 g/mol. The molecule has 2 aliphatic rings. The van der Waals surface area contributed by atoms with Gasteiger partial charge in [0.15, 0.2) is 5.58 Å². The number of sulfone groups is 1. The number of benzene rings is 1. The first-order valence-electron chi connectivity index (χ1n) is 10.6. The number of aromatic nitrogens is 3. The molecule has 2 saturated heterocycles. The normalized spacial score (nSPS) is 20.6. The van der Waals surface area contributed by atoms with Gasteiger partial charge in [-0.3, -0.25) is 4.79 Å². The molecular weight excluding hydrogens is 418 g/mol. The lowest BCUT2D eigenvalue weighted by Crippen LogP contribution is -2.50. The van der Waals surface area contributed by atoms with Crippen molar-refractivity contribution >= 4 is 32.9 Å². The van der Waals surface area contributed by atoms with Gasteiger partial charge in [0.2, 0.25) is 20.9 Å². The molecular formula is C21H25N5O4S. The standard InChI is InChI=1S/C21H25N5O4S/c1-24-14-10-22-21(24)31(28,29)15-8-12-25(13-9-15)19(27)17-6-4-11-26(17)20-23-16-5-2-3-7-18(16)30-20/h2-3,5,7,10,14-15,17H,4,6,8-9,11-13H2,1H3. The highest BCUT2D eigenvalue weighted by Gasteiger charge is 2.40. The predicted octanol–water partition coefficient (Wildman–Crippen LogP) is 1.99. The van der Waals surface area contributed by atoms with Crippen molar-refractivity contribution < 1.29 is 17.6 Å². The molecule has 0 spiro atoms. The number of aryl methyl sites for hydroxylation is 1. The minimum atomic E-state index is -3.51. The van der Waals surface area contributed by atoms with E-state index >= 15 is 0 Å². The molecule has 0 radical (unpaired) electrons. The largest absolute Gasteiger partial charge is 0.423 e. The topological polar surface area (TPSA) is 102 Å². The van der Waals surface area contributed by atoms with E-state index in [0.29, 0.717) is 44.1 Å². The molecule has 1 amide bonds. The number of hydrogen-bond donors (Lipinski definition) is 0. The Morgan fingerprint density at radius 2 is 1.90 bits per heavy atom. The summed E-state index contributed by atoms with van der Waals surface area (Å²) in [6.45, 7) is 1.56. The van der Waals surface area contributed by atoms with Gasteiger partial charge in [0.25, 0.3) is 6.01 Å². The Labute approximate surface area is 180 Å². The number of piperidine rings is 1. The van der Waals surface area contributed by atoms with Gasteiger partial charge in [-0.1, -0.05) is 12.1 Å². The Morgan fingerprint density at radius 3 is 2.61 bits per heavy atom. The van der Waals surface area contributed by atoms with E-state index in [1.807, 2.05) is 29.2 Å². The number of fused-ring (bicyclic) bond motifs is 1. The van der Waals surface area contributed by atoms with E-state index in [2.05, 4.69) is 9.97 Å². The van der Waals surface area contributed by atoms with Crippen molar-refractivity contribution in [3.8, 4) is 0 Å². The fourth-order valence-corrected chi connectivity index (χ4v) is 6.41. The van der Waals surface area contributed by atoms with E-state index in [1.54, 1.807) is 18.1 Å². The van der Waals surface area contributed by atoms with Gasteiger partial charge in [-0.15, -0.1) is 0 Å². The Morgan fingerprint density at radius 1 is 1.13 bits per heavy atom. The molecule has 4 heterocycles. The van der Waals surface area contributed by atoms with E-state index < -0.39 is 15.1 Å². The Kier molecular flexibility index (Phi) is 4.96. The molecule has 2 fully saturated rings. The second kappa shape index (κ2) is 7.67. The quantitative estimate of drug-likeness (QED) is 0.608. The first-order chi connectivity index (χ1) is 14.9. The van der Waals surface area contributed by atoms with E-state index in [4.69, 9.17) is 4.42 Å². The molecule has 1 unspecified atom stereocenters. The second-order valence-electron chi connectivity index (χ2n) is 8.21. The lowest BCUT2D eigenvalue weighted by molar-refractivity contribution is -0.133. The highest BCUT2D eigenvalue weighted by molar-refractivity contribution is 7.91. The summed E-state index contributed by atoms with van der Waals surface area (Å²) in [6.07, 6.45) is 5.58. The van der Waals surface area contributed by atoms with Crippen LogP contribution in [0.15, 0.2) is 46.2 Å². The van der Waals surface area contributed by atoms with E-state index in [0.717, 1.165) is 18.4 Å². The van der Waals surface area contributed by atoms with Crippen LogP contribution in [-0.2, 0) is 21.7 Å². The SMILES string of the molecule is Cn1ccnc1S(=O)(=O)C1CCN(C(=O)C2CCCN2c2nc3ccccc3o2)CC1. The van der Waals surface area contributed by atoms with Crippen LogP contribution in [0, 0.1) is 0 Å². The number of anilines is 1. The van der Waals surface area contributed by atoms with Crippen LogP contribution < -0.4 is 4.90 Å². The molecule has 1 aromatic carbocycles. The summed E-state index contributed by atoms with van der Waals surface area (Å²) in [6, 6.07) is 7.71. The number of para-hydroxylation sites is 2. The number of hydrogen-bond acceptors (Lipinski definition) is 7. The molecule has 164 valence electrons. The van der Waals surface area contributed by atoms with Crippen molar-refractivity contribution in [2.24, 2.45) is 7.05 Å². The van der Waals surface area contributed by atoms with Gasteiger partial charge in [-0.25, -0.2) is 13.4 Å². The summed E-state index contributed by atoms with van der Waals surface area (Å²) in [7, 11) is -1.83. The third-order valence-electron chi connectivity index (χ3n) is 6.29. The van der Waals surface area contributed by atoms with Crippen molar-refractivity contribution in [3.05, 3.63) is 36.7 Å². The van der Waals surface area contributed by atoms with Crippen LogP contribution in [0.2, 0.25) is 0 Å². The minimum Gasteiger partial charge on any atom is -0.423 e. The number of rotatable bonds is 4. The summed E-state index contributed by atoms with van der Waals surface area (Å²) in [5.74, 6) is 0.0209. The van der Waals surface area contributed by atoms with Crippen molar-refractivity contribution in [3.63, 3.8) is 0 Å². The van der Waals surface area contributed by atoms with E-state index in [1.165, 1.54) is 10.8 Å². The van der Waals surface area contributed by atoms with Gasteiger partial charge in [0.1, 0.15) is 11.6 Å². The Hall–Kier alpha value is -2.88. The fourth-order valence-electron chi connectivity index (χ4n) is 4.61. The summed E-state index contributed by atoms with van der Waals surface area (Å²) >= 11 is 0. The van der Waals surface area contributed by atoms with Gasteiger partial charge < -0.3 is 18.8 Å². The van der Waals surface area contributed by atoms with Crippen LogP contribution in [0.25, 0.3) is 11.1 Å². The van der Waals surface area contributed by atoms with Crippen LogP contribution in [-0.4, -0.2) is 64.7 Å². The molecule has 0 aliphatic carbocycles. The number of nitrogens with zero attached hydrogens (tertiary/aromatic N) is 5. The first kappa shape index (κ1) is 20.0. The Balaban J connectivity index is 1.28. The summed E-state index contributed by atoms with van der Waals surface area (Å²) in [5.41, 5.74) is 1.48. The molecule has 0 saturated carbocycles. The first-order valence-corrected chi connectivity index (χ1v) is 12.1. The third kappa shape index (κ3) is 3.48. The zero-order valence-electron chi connectivity index (χ0n) is 17.3. The maximum absolute atomic E-state index is 13.3. The van der Waals surface area contributed by atoms with Crippen molar-refractivity contribution in [2.45, 2.75) is 42.1 Å². The minimum absolute atomic E-state index is 0.0209. The van der Waals surface area contributed by atoms with Crippen LogP contribution in [0.4, 0.5) is 6.01 Å². The molecule has 31 heavy (non-hydrogen) atoms. The van der Waals surface area contributed by atoms with Gasteiger partial charge in [0, 0.05) is 39.1 Å². The maximum Gasteiger partial charge on any atom is 0.299 e. The number of oxazole rings is 1. The molecule has 2 aromatic heterocycles.